The molecule has 14 bridgehead atoms. The maximum absolute atomic E-state index is 11.7. The molecule has 496 valence electrons. The van der Waals surface area contributed by atoms with E-state index < -0.39 is 277 Å². The molecule has 0 aromatic rings. The first-order chi connectivity index (χ1) is 40.3. The molecule has 39 heteroatoms. The van der Waals surface area contributed by atoms with Gasteiger partial charge in [0.25, 0.3) is 10.1 Å². The summed E-state index contributed by atoms with van der Waals surface area (Å²) < 4.78 is 118. The van der Waals surface area contributed by atoms with Crippen LogP contribution in [0.2, 0.25) is 0 Å². The molecule has 0 amide bonds. The second-order valence-electron chi connectivity index (χ2n) is 21.5. The smallest absolute Gasteiger partial charge is 0.264 e. The number of hydrogen-bond donors (Lipinski definition) is 21. The van der Waals surface area contributed by atoms with Gasteiger partial charge in [-0.25, -0.2) is 0 Å². The van der Waals surface area contributed by atoms with E-state index in [9.17, 15) is 111 Å². The molecule has 21 aliphatic rings. The Morgan fingerprint density at radius 2 is 0.459 bits per heavy atom. The molecule has 0 saturated carbocycles. The molecule has 21 aliphatic heterocycles. The fraction of sp³-hybridized carbons (Fsp3) is 1.00. The van der Waals surface area contributed by atoms with Gasteiger partial charge in [-0.05, 0) is 12.8 Å². The molecule has 38 nitrogen and oxygen atoms in total. The van der Waals surface area contributed by atoms with Gasteiger partial charge in [-0.3, -0.25) is 4.55 Å². The Morgan fingerprint density at radius 1 is 0.271 bits per heavy atom. The van der Waals surface area contributed by atoms with E-state index in [4.69, 9.17) is 75.6 Å². The summed E-state index contributed by atoms with van der Waals surface area (Å²) in [6, 6.07) is 0. The lowest BCUT2D eigenvalue weighted by Crippen LogP contribution is -2.68. The number of unbranched alkanes of at least 4 members (excludes halogenated alkanes) is 1. The van der Waals surface area contributed by atoms with Crippen LogP contribution in [0.15, 0.2) is 0 Å². The van der Waals surface area contributed by atoms with Crippen molar-refractivity contribution in [1.82, 2.24) is 0 Å². The van der Waals surface area contributed by atoms with E-state index in [1.807, 2.05) is 0 Å². The van der Waals surface area contributed by atoms with Crippen molar-refractivity contribution in [3.8, 4) is 0 Å². The molecular weight excluding hydrogens is 1190 g/mol. The fourth-order valence-corrected chi connectivity index (χ4v) is 11.7. The Bertz CT molecular complexity index is 2150. The van der Waals surface area contributed by atoms with Crippen molar-refractivity contribution in [2.45, 2.75) is 228 Å². The lowest BCUT2D eigenvalue weighted by Gasteiger charge is -2.50. The van der Waals surface area contributed by atoms with Crippen LogP contribution in [0.3, 0.4) is 0 Å². The summed E-state index contributed by atoms with van der Waals surface area (Å²) >= 11 is 0. The third kappa shape index (κ3) is 15.1. The van der Waals surface area contributed by atoms with Crippen molar-refractivity contribution in [1.29, 1.82) is 0 Å². The highest BCUT2D eigenvalue weighted by atomic mass is 32.2. The molecule has 21 N–H and O–H groups in total. The maximum Gasteiger partial charge on any atom is 0.264 e. The predicted molar refractivity (Wildman–Crippen MR) is 258 cm³/mol. The molecule has 0 spiro atoms. The summed E-state index contributed by atoms with van der Waals surface area (Å²) in [4.78, 5) is 0. The SMILES string of the molecule is O=S(=O)(O)CCCCOC[C@H]1O[C@H]2O[C@@H]3[C@@H](O)[C@H](O)[C@H](O[C@@H]4[C@@H](O)[C@H](O)[C@H](O[C@@H]5[C@@H](O)[C@@H](O)C(O[C@@H]6[C@H](O)[C@@H](O)[C@H](O[C@@H]7[C@H](O)[C@@H](O)[C@H](O[C@@H]8[C@H](O)[C@@H](O)[C@H](O[C@@H]1[C@@H](O)[C@@H]2O)O[C@H]8CO)O[C@H]7CO)O[C@H]6CO)O[C@@H]5CO)O[C@@H]4CO)O[C@@H]3CO. The van der Waals surface area contributed by atoms with Gasteiger partial charge >= 0.3 is 0 Å². The Morgan fingerprint density at radius 3 is 0.647 bits per heavy atom. The maximum atomic E-state index is 11.7. The molecule has 85 heavy (non-hydrogen) atoms. The summed E-state index contributed by atoms with van der Waals surface area (Å²) in [6.45, 7) is -7.34. The number of aliphatic hydroxyl groups excluding tert-OH is 20. The van der Waals surface area contributed by atoms with Crippen molar-refractivity contribution < 1.29 is 186 Å². The van der Waals surface area contributed by atoms with Gasteiger partial charge < -0.3 is 173 Å². The zero-order chi connectivity index (χ0) is 62.1. The van der Waals surface area contributed by atoms with Crippen LogP contribution in [-0.2, 0) is 81.2 Å². The Balaban J connectivity index is 1.09. The molecule has 0 radical (unpaired) electrons. The van der Waals surface area contributed by atoms with Crippen LogP contribution in [0.4, 0.5) is 0 Å². The zero-order valence-corrected chi connectivity index (χ0v) is 45.5. The molecule has 0 aromatic heterocycles. The van der Waals surface area contributed by atoms with Gasteiger partial charge in [-0.1, -0.05) is 0 Å². The Kier molecular flexibility index (Phi) is 24.4. The van der Waals surface area contributed by atoms with Crippen molar-refractivity contribution in [3.63, 3.8) is 0 Å². The normalized spacial score (nSPS) is 51.5. The van der Waals surface area contributed by atoms with Gasteiger partial charge in [0.15, 0.2) is 44.0 Å². The van der Waals surface area contributed by atoms with E-state index in [2.05, 4.69) is 0 Å². The molecule has 1 unspecified atom stereocenters. The minimum absolute atomic E-state index is 0.00367. The number of ether oxygens (including phenoxy) is 15. The number of rotatable bonds is 13. The third-order valence-corrected chi connectivity index (χ3v) is 16.6. The molecule has 21 heterocycles. The van der Waals surface area contributed by atoms with Gasteiger partial charge in [-0.15, -0.1) is 0 Å². The van der Waals surface area contributed by atoms with Gasteiger partial charge in [-0.2, -0.15) is 8.42 Å². The van der Waals surface area contributed by atoms with Crippen molar-refractivity contribution in [2.24, 2.45) is 0 Å². The Hall–Kier alpha value is -1.49. The minimum atomic E-state index is -4.37. The largest absolute Gasteiger partial charge is 0.394 e. The van der Waals surface area contributed by atoms with Gasteiger partial charge in [0, 0.05) is 6.61 Å². The highest BCUT2D eigenvalue weighted by Crippen LogP contribution is 2.39. The highest BCUT2D eigenvalue weighted by Gasteiger charge is 2.59. The molecule has 35 atom stereocenters. The van der Waals surface area contributed by atoms with E-state index in [0.29, 0.717) is 0 Å². The van der Waals surface area contributed by atoms with Crippen LogP contribution in [0, 0.1) is 0 Å². The molecular formula is C46H78O38S. The quantitative estimate of drug-likeness (QED) is 0.0601. The predicted octanol–water partition coefficient (Wildman–Crippen LogP) is -14.5. The monoisotopic (exact) mass is 1270 g/mol. The molecule has 21 rings (SSSR count). The van der Waals surface area contributed by atoms with Crippen LogP contribution in [0.25, 0.3) is 0 Å². The number of hydrogen-bond acceptors (Lipinski definition) is 37. The lowest BCUT2D eigenvalue weighted by atomic mass is 9.95. The Labute approximate surface area is 481 Å². The second-order valence-corrected chi connectivity index (χ2v) is 23.1. The average Bonchev–Trinajstić information content (AvgIpc) is 3.55. The standard InChI is InChI=1S/C46H78O38S/c47-5-12-33-20(54)27(61)41(72-12)80-35-14(7-49)74-43(29(63)22(35)56)82-37-16(9-51)76-45(31(65)24(37)58)84-39-18(11-70-3-1-2-4-85(67,68)69)77-46(32(66)25(39)59)83-38-17(10-52)75-44(30(64)23(38)57)81-36-15(8-50)73-42(28(62)21(36)55)79-34-13(6-48)71-40(78-33)26(60)19(34)53/h12-66H,1-11H2,(H,67,68,69)/t12-,13+,14-,15+,16-,17+,18+,19-,20+,21-,22+,23-,24+,25-,26+,27+,28-,29+,30-,31+,32-,33-,34-,35-,36-,37-,38-,39-,40?,41-,42-,43-,44-,45-,46-/m0/s1. The van der Waals surface area contributed by atoms with Crippen LogP contribution in [0.5, 0.6) is 0 Å². The highest BCUT2D eigenvalue weighted by molar-refractivity contribution is 7.85. The van der Waals surface area contributed by atoms with Gasteiger partial charge in [0.1, 0.15) is 171 Å². The molecule has 0 aliphatic carbocycles. The summed E-state index contributed by atoms with van der Waals surface area (Å²) in [5.41, 5.74) is 0. The van der Waals surface area contributed by atoms with Crippen molar-refractivity contribution in [2.75, 3.05) is 58.6 Å². The summed E-state index contributed by atoms with van der Waals surface area (Å²) in [5.74, 6) is -0.649. The summed E-state index contributed by atoms with van der Waals surface area (Å²) in [5, 5.41) is 222. The number of aliphatic hydroxyl groups is 20. The van der Waals surface area contributed by atoms with E-state index in [0.717, 1.165) is 0 Å². The molecule has 21 saturated heterocycles. The van der Waals surface area contributed by atoms with Gasteiger partial charge in [0.05, 0.1) is 52.0 Å². The summed E-state index contributed by atoms with van der Waals surface area (Å²) in [6.07, 6.45) is -71.4. The van der Waals surface area contributed by atoms with Crippen molar-refractivity contribution in [3.05, 3.63) is 0 Å². The van der Waals surface area contributed by atoms with E-state index in [1.165, 1.54) is 0 Å². The fourth-order valence-electron chi connectivity index (χ4n) is 11.1. The van der Waals surface area contributed by atoms with E-state index in [-0.39, 0.29) is 19.4 Å². The van der Waals surface area contributed by atoms with Crippen LogP contribution in [-0.4, -0.2) is 389 Å². The molecule has 0 aromatic carbocycles. The van der Waals surface area contributed by atoms with Crippen LogP contribution >= 0.6 is 0 Å². The first-order valence-corrected chi connectivity index (χ1v) is 28.8. The van der Waals surface area contributed by atoms with Crippen molar-refractivity contribution >= 4 is 10.1 Å². The third-order valence-electron chi connectivity index (χ3n) is 15.8. The second kappa shape index (κ2) is 29.9. The first kappa shape index (κ1) is 69.4. The minimum Gasteiger partial charge on any atom is -0.394 e. The lowest BCUT2D eigenvalue weighted by molar-refractivity contribution is -0.397. The van der Waals surface area contributed by atoms with Gasteiger partial charge in [0.2, 0.25) is 0 Å². The molecule has 21 fully saturated rings. The summed E-state index contributed by atoms with van der Waals surface area (Å²) in [7, 11) is -4.37. The van der Waals surface area contributed by atoms with E-state index in [1.54, 1.807) is 0 Å². The topological polar surface area (TPSA) is 597 Å². The zero-order valence-electron chi connectivity index (χ0n) is 44.7. The van der Waals surface area contributed by atoms with Crippen LogP contribution < -0.4 is 0 Å². The average molecular weight is 1270 g/mol. The van der Waals surface area contributed by atoms with Crippen LogP contribution in [0.1, 0.15) is 12.8 Å². The first-order valence-electron chi connectivity index (χ1n) is 27.2. The van der Waals surface area contributed by atoms with E-state index >= 15 is 0 Å².